The van der Waals surface area contributed by atoms with Crippen molar-refractivity contribution >= 4 is 23.7 Å². The number of carboxylic acids is 1. The average Bonchev–Trinajstić information content (AvgIpc) is 2.43. The minimum atomic E-state index is -1.25. The molecule has 0 fully saturated rings. The summed E-state index contributed by atoms with van der Waals surface area (Å²) < 4.78 is 4.68. The van der Waals surface area contributed by atoms with Crippen molar-refractivity contribution in [2.24, 2.45) is 5.92 Å². The Kier molecular flexibility index (Phi) is 6.06. The molecule has 0 radical (unpaired) electrons. The molecule has 21 heavy (non-hydrogen) atoms. The van der Waals surface area contributed by atoms with Crippen LogP contribution in [0.3, 0.4) is 0 Å². The highest BCUT2D eigenvalue weighted by molar-refractivity contribution is 5.94. The lowest BCUT2D eigenvalue weighted by molar-refractivity contribution is -0.384. The Labute approximate surface area is 121 Å². The molecule has 0 bridgehead atoms. The molecule has 7 nitrogen and oxygen atoms in total. The van der Waals surface area contributed by atoms with Crippen molar-refractivity contribution in [1.29, 1.82) is 0 Å². The lowest BCUT2D eigenvalue weighted by atomic mass is 10.0. The van der Waals surface area contributed by atoms with E-state index in [2.05, 4.69) is 4.74 Å². The summed E-state index contributed by atoms with van der Waals surface area (Å²) in [7, 11) is 0. The summed E-state index contributed by atoms with van der Waals surface area (Å²) in [6.07, 6.45) is 3.11. The van der Waals surface area contributed by atoms with Crippen molar-refractivity contribution in [3.63, 3.8) is 0 Å². The molecule has 0 saturated heterocycles. The number of ether oxygens (including phenoxy) is 1. The number of allylic oxidation sites excluding steroid dienone is 1. The minimum Gasteiger partial charge on any atom is -0.481 e. The maximum atomic E-state index is 11.4. The normalized spacial score (nSPS) is 12.0. The number of hydrogen-bond acceptors (Lipinski definition) is 5. The van der Waals surface area contributed by atoms with Gasteiger partial charge in [-0.1, -0.05) is 12.2 Å². The largest absolute Gasteiger partial charge is 0.481 e. The molecule has 0 aliphatic heterocycles. The fraction of sp³-hybridized carbons (Fsp3) is 0.286. The van der Waals surface area contributed by atoms with E-state index in [1.165, 1.54) is 30.3 Å². The highest BCUT2D eigenvalue weighted by Crippen LogP contribution is 2.14. The van der Waals surface area contributed by atoms with Crippen molar-refractivity contribution in [1.82, 2.24) is 0 Å². The molecular weight excluding hydrogens is 278 g/mol. The second-order valence-electron chi connectivity index (χ2n) is 4.13. The molecule has 1 aromatic carbocycles. The van der Waals surface area contributed by atoms with Gasteiger partial charge in [0.25, 0.3) is 5.69 Å². The second kappa shape index (κ2) is 7.78. The van der Waals surface area contributed by atoms with Crippen LogP contribution in [0.25, 0.3) is 6.08 Å². The second-order valence-corrected chi connectivity index (χ2v) is 4.13. The van der Waals surface area contributed by atoms with Gasteiger partial charge in [-0.3, -0.25) is 19.7 Å². The molecule has 7 heteroatoms. The molecule has 0 spiro atoms. The number of carbonyl (C=O) groups is 2. The number of hydrogen-bond donors (Lipinski definition) is 1. The first kappa shape index (κ1) is 16.4. The fourth-order valence-electron chi connectivity index (χ4n) is 1.59. The van der Waals surface area contributed by atoms with E-state index in [4.69, 9.17) is 5.11 Å². The van der Waals surface area contributed by atoms with Gasteiger partial charge in [-0.05, 0) is 31.0 Å². The summed E-state index contributed by atoms with van der Waals surface area (Å²) in [5.74, 6) is -3.28. The SMILES string of the molecule is CCOC(=O)C(CC=Cc1ccc([N+](=O)[O-])cc1)C(=O)O. The molecule has 1 atom stereocenters. The first-order chi connectivity index (χ1) is 9.95. The van der Waals surface area contributed by atoms with Gasteiger partial charge >= 0.3 is 11.9 Å². The number of aliphatic carboxylic acids is 1. The Bertz CT molecular complexity index is 549. The van der Waals surface area contributed by atoms with E-state index in [-0.39, 0.29) is 18.7 Å². The summed E-state index contributed by atoms with van der Waals surface area (Å²) in [5.41, 5.74) is 0.649. The minimum absolute atomic E-state index is 0.00878. The Balaban J connectivity index is 2.68. The molecule has 1 rings (SSSR count). The Hall–Kier alpha value is -2.70. The quantitative estimate of drug-likeness (QED) is 0.357. The monoisotopic (exact) mass is 293 g/mol. The highest BCUT2D eigenvalue weighted by Gasteiger charge is 2.26. The van der Waals surface area contributed by atoms with Crippen molar-refractivity contribution in [2.75, 3.05) is 6.61 Å². The number of nitro groups is 1. The van der Waals surface area contributed by atoms with Crippen molar-refractivity contribution in [3.05, 3.63) is 46.0 Å². The lowest BCUT2D eigenvalue weighted by Gasteiger charge is -2.08. The summed E-state index contributed by atoms with van der Waals surface area (Å²) in [6.45, 7) is 1.72. The summed E-state index contributed by atoms with van der Waals surface area (Å²) in [4.78, 5) is 32.4. The van der Waals surface area contributed by atoms with Crippen molar-refractivity contribution < 1.29 is 24.4 Å². The van der Waals surface area contributed by atoms with Gasteiger partial charge in [0, 0.05) is 12.1 Å². The summed E-state index contributed by atoms with van der Waals surface area (Å²) >= 11 is 0. The number of esters is 1. The number of carbonyl (C=O) groups excluding carboxylic acids is 1. The highest BCUT2D eigenvalue weighted by atomic mass is 16.6. The zero-order valence-corrected chi connectivity index (χ0v) is 11.4. The number of nitrogens with zero attached hydrogens (tertiary/aromatic N) is 1. The number of carboxylic acid groups (broad SMARTS) is 1. The van der Waals surface area contributed by atoms with Gasteiger partial charge in [0.1, 0.15) is 0 Å². The molecule has 1 aromatic rings. The van der Waals surface area contributed by atoms with Crippen LogP contribution in [-0.4, -0.2) is 28.6 Å². The van der Waals surface area contributed by atoms with Gasteiger partial charge in [-0.15, -0.1) is 0 Å². The van der Waals surface area contributed by atoms with Gasteiger partial charge < -0.3 is 9.84 Å². The topological polar surface area (TPSA) is 107 Å². The molecule has 1 N–H and O–H groups in total. The third kappa shape index (κ3) is 5.06. The third-order valence-corrected chi connectivity index (χ3v) is 2.66. The summed E-state index contributed by atoms with van der Waals surface area (Å²) in [6, 6.07) is 5.77. The lowest BCUT2D eigenvalue weighted by Crippen LogP contribution is -2.25. The van der Waals surface area contributed by atoms with Crippen LogP contribution in [0.4, 0.5) is 5.69 Å². The predicted molar refractivity (Wildman–Crippen MR) is 74.5 cm³/mol. The summed E-state index contributed by atoms with van der Waals surface area (Å²) in [5, 5.41) is 19.5. The van der Waals surface area contributed by atoms with E-state index in [1.54, 1.807) is 13.0 Å². The first-order valence-electron chi connectivity index (χ1n) is 6.26. The number of benzene rings is 1. The smallest absolute Gasteiger partial charge is 0.320 e. The molecule has 0 aliphatic rings. The fourth-order valence-corrected chi connectivity index (χ4v) is 1.59. The van der Waals surface area contributed by atoms with E-state index < -0.39 is 22.8 Å². The molecule has 0 heterocycles. The van der Waals surface area contributed by atoms with E-state index in [1.807, 2.05) is 0 Å². The molecule has 1 unspecified atom stereocenters. The van der Waals surface area contributed by atoms with Crippen LogP contribution in [0.1, 0.15) is 18.9 Å². The van der Waals surface area contributed by atoms with Crippen LogP contribution in [0.5, 0.6) is 0 Å². The van der Waals surface area contributed by atoms with Crippen LogP contribution >= 0.6 is 0 Å². The van der Waals surface area contributed by atoms with Crippen LogP contribution in [0.2, 0.25) is 0 Å². The Morgan fingerprint density at radius 2 is 2.00 bits per heavy atom. The van der Waals surface area contributed by atoms with Gasteiger partial charge in [-0.25, -0.2) is 0 Å². The Morgan fingerprint density at radius 3 is 2.48 bits per heavy atom. The van der Waals surface area contributed by atoms with Crippen LogP contribution in [-0.2, 0) is 14.3 Å². The van der Waals surface area contributed by atoms with Crippen LogP contribution < -0.4 is 0 Å². The van der Waals surface area contributed by atoms with E-state index in [9.17, 15) is 19.7 Å². The molecule has 112 valence electrons. The zero-order valence-electron chi connectivity index (χ0n) is 11.4. The molecule has 0 saturated carbocycles. The molecular formula is C14H15NO6. The van der Waals surface area contributed by atoms with E-state index in [0.29, 0.717) is 5.56 Å². The van der Waals surface area contributed by atoms with E-state index in [0.717, 1.165) is 0 Å². The average molecular weight is 293 g/mol. The van der Waals surface area contributed by atoms with E-state index >= 15 is 0 Å². The number of non-ortho nitro benzene ring substituents is 1. The van der Waals surface area contributed by atoms with Gasteiger partial charge in [-0.2, -0.15) is 0 Å². The van der Waals surface area contributed by atoms with Gasteiger partial charge in [0.15, 0.2) is 5.92 Å². The maximum absolute atomic E-state index is 11.4. The predicted octanol–water partition coefficient (Wildman–Crippen LogP) is 2.26. The van der Waals surface area contributed by atoms with Gasteiger partial charge in [0.05, 0.1) is 11.5 Å². The third-order valence-electron chi connectivity index (χ3n) is 2.66. The zero-order chi connectivity index (χ0) is 15.8. The first-order valence-corrected chi connectivity index (χ1v) is 6.26. The van der Waals surface area contributed by atoms with Crippen molar-refractivity contribution in [3.8, 4) is 0 Å². The standard InChI is InChI=1S/C14H15NO6/c1-2-21-14(18)12(13(16)17)5-3-4-10-6-8-11(9-7-10)15(19)20/h3-4,6-9,12H,2,5H2,1H3,(H,16,17). The maximum Gasteiger partial charge on any atom is 0.320 e. The molecule has 0 amide bonds. The van der Waals surface area contributed by atoms with Crippen LogP contribution in [0.15, 0.2) is 30.3 Å². The van der Waals surface area contributed by atoms with Crippen molar-refractivity contribution in [2.45, 2.75) is 13.3 Å². The Morgan fingerprint density at radius 1 is 1.38 bits per heavy atom. The van der Waals surface area contributed by atoms with Gasteiger partial charge in [0.2, 0.25) is 0 Å². The molecule has 0 aromatic heterocycles. The number of nitro benzene ring substituents is 1. The van der Waals surface area contributed by atoms with Crippen LogP contribution in [0, 0.1) is 16.0 Å². The number of rotatable bonds is 7. The molecule has 0 aliphatic carbocycles.